The van der Waals surface area contributed by atoms with E-state index in [0.717, 1.165) is 5.56 Å². The molecule has 3 N–H and O–H groups in total. The van der Waals surface area contributed by atoms with Crippen LogP contribution in [0, 0.1) is 6.92 Å². The van der Waals surface area contributed by atoms with E-state index in [1.807, 2.05) is 0 Å². The molecule has 8 heteroatoms. The van der Waals surface area contributed by atoms with Crippen molar-refractivity contribution in [1.29, 1.82) is 0 Å². The van der Waals surface area contributed by atoms with Gasteiger partial charge in [-0.15, -0.1) is 0 Å². The molecule has 0 amide bonds. The minimum absolute atomic E-state index is 0.0891. The molecule has 0 aliphatic carbocycles. The molecule has 1 aliphatic rings. The van der Waals surface area contributed by atoms with Gasteiger partial charge in [0.15, 0.2) is 0 Å². The van der Waals surface area contributed by atoms with Crippen molar-refractivity contribution >= 4 is 27.6 Å². The van der Waals surface area contributed by atoms with E-state index >= 15 is 0 Å². The van der Waals surface area contributed by atoms with E-state index < -0.39 is 22.5 Å². The summed E-state index contributed by atoms with van der Waals surface area (Å²) in [5.41, 5.74) is 1.19. The molecule has 0 aromatic heterocycles. The monoisotopic (exact) mass is 269 g/mol. The molecule has 0 saturated heterocycles. The Hall–Kier alpha value is -2.09. The van der Waals surface area contributed by atoms with Gasteiger partial charge in [-0.05, 0) is 24.6 Å². The van der Waals surface area contributed by atoms with Crippen LogP contribution >= 0.6 is 0 Å². The molecule has 0 atom stereocenters. The second kappa shape index (κ2) is 4.30. The Morgan fingerprint density at radius 1 is 1.44 bits per heavy atom. The number of hydrogen-bond donors (Lipinski definition) is 3. The summed E-state index contributed by atoms with van der Waals surface area (Å²) in [6.07, 6.45) is 0. The smallest absolute Gasteiger partial charge is 0.325 e. The van der Waals surface area contributed by atoms with Gasteiger partial charge < -0.3 is 10.4 Å². The Bertz CT molecular complexity index is 637. The highest BCUT2D eigenvalue weighted by molar-refractivity contribution is 7.90. The van der Waals surface area contributed by atoms with E-state index in [4.69, 9.17) is 5.11 Å². The highest BCUT2D eigenvalue weighted by atomic mass is 32.2. The second-order valence-corrected chi connectivity index (χ2v) is 5.44. The predicted molar refractivity (Wildman–Crippen MR) is 65.1 cm³/mol. The fourth-order valence-corrected chi connectivity index (χ4v) is 2.74. The lowest BCUT2D eigenvalue weighted by Gasteiger charge is -2.21. The van der Waals surface area contributed by atoms with E-state index in [2.05, 4.69) is 15.0 Å². The number of carboxylic acids is 1. The summed E-state index contributed by atoms with van der Waals surface area (Å²) >= 11 is 0. The van der Waals surface area contributed by atoms with Crippen LogP contribution in [-0.4, -0.2) is 32.0 Å². The van der Waals surface area contributed by atoms with Crippen molar-refractivity contribution in [3.8, 4) is 0 Å². The zero-order valence-electron chi connectivity index (χ0n) is 9.47. The largest absolute Gasteiger partial charge is 0.480 e. The maximum absolute atomic E-state index is 11.9. The van der Waals surface area contributed by atoms with Crippen molar-refractivity contribution in [1.82, 2.24) is 4.72 Å². The van der Waals surface area contributed by atoms with Crippen LogP contribution in [0.2, 0.25) is 0 Å². The molecule has 1 aliphatic heterocycles. The molecule has 0 saturated carbocycles. The van der Waals surface area contributed by atoms with E-state index in [1.165, 1.54) is 6.07 Å². The summed E-state index contributed by atoms with van der Waals surface area (Å²) in [4.78, 5) is 14.1. The van der Waals surface area contributed by atoms with Crippen molar-refractivity contribution in [2.45, 2.75) is 11.8 Å². The van der Waals surface area contributed by atoms with Gasteiger partial charge in [0, 0.05) is 0 Å². The van der Waals surface area contributed by atoms with Crippen LogP contribution < -0.4 is 10.0 Å². The molecule has 96 valence electrons. The van der Waals surface area contributed by atoms with Gasteiger partial charge in [0.2, 0.25) is 5.96 Å². The van der Waals surface area contributed by atoms with Crippen molar-refractivity contribution in [3.63, 3.8) is 0 Å². The Kier molecular flexibility index (Phi) is 2.95. The highest BCUT2D eigenvalue weighted by Gasteiger charge is 2.26. The van der Waals surface area contributed by atoms with Crippen LogP contribution in [0.15, 0.2) is 28.1 Å². The molecule has 0 spiro atoms. The zero-order chi connectivity index (χ0) is 13.3. The van der Waals surface area contributed by atoms with E-state index in [0.29, 0.717) is 5.69 Å². The quantitative estimate of drug-likeness (QED) is 0.707. The van der Waals surface area contributed by atoms with Gasteiger partial charge in [0.05, 0.1) is 5.69 Å². The summed E-state index contributed by atoms with van der Waals surface area (Å²) < 4.78 is 26.0. The number of hydrogen-bond acceptors (Lipinski definition) is 4. The standard InChI is InChI=1S/C10H11N3O4S/c1-6-2-3-7-8(4-6)18(16,17)13-10(12-7)11-5-9(14)15/h2-4H,5H2,1H3,(H,14,15)(H2,11,12,13). The van der Waals surface area contributed by atoms with Gasteiger partial charge in [-0.25, -0.2) is 18.1 Å². The summed E-state index contributed by atoms with van der Waals surface area (Å²) in [6.45, 7) is 1.27. The number of anilines is 1. The van der Waals surface area contributed by atoms with Crippen molar-refractivity contribution in [2.75, 3.05) is 11.9 Å². The van der Waals surface area contributed by atoms with Gasteiger partial charge in [0.1, 0.15) is 11.4 Å². The van der Waals surface area contributed by atoms with Crippen LogP contribution in [0.3, 0.4) is 0 Å². The number of rotatable bonds is 2. The normalized spacial score (nSPS) is 18.6. The number of sulfonamides is 1. The molecule has 1 aromatic rings. The SMILES string of the molecule is Cc1ccc2c(c1)S(=O)(=O)NC(=NCC(=O)O)N2. The molecule has 1 heterocycles. The first-order valence-electron chi connectivity index (χ1n) is 5.05. The van der Waals surface area contributed by atoms with Crippen LogP contribution in [0.1, 0.15) is 5.56 Å². The Labute approximate surface area is 104 Å². The number of nitrogens with one attached hydrogen (secondary N) is 2. The average Bonchev–Trinajstić information content (AvgIpc) is 2.27. The van der Waals surface area contributed by atoms with E-state index in [1.54, 1.807) is 19.1 Å². The lowest BCUT2D eigenvalue weighted by molar-refractivity contribution is -0.135. The Balaban J connectivity index is 2.42. The Morgan fingerprint density at radius 3 is 2.83 bits per heavy atom. The summed E-state index contributed by atoms with van der Waals surface area (Å²) in [7, 11) is -3.70. The molecule has 0 bridgehead atoms. The number of carbonyl (C=O) groups is 1. The lowest BCUT2D eigenvalue weighted by Crippen LogP contribution is -2.41. The molecular formula is C10H11N3O4S. The minimum Gasteiger partial charge on any atom is -0.480 e. The number of carboxylic acid groups (broad SMARTS) is 1. The molecule has 1 aromatic carbocycles. The van der Waals surface area contributed by atoms with E-state index in [9.17, 15) is 13.2 Å². The second-order valence-electron chi connectivity index (χ2n) is 3.79. The van der Waals surface area contributed by atoms with Crippen LogP contribution in [-0.2, 0) is 14.8 Å². The summed E-state index contributed by atoms with van der Waals surface area (Å²) in [5, 5.41) is 11.2. The molecule has 0 fully saturated rings. The number of guanidine groups is 1. The third kappa shape index (κ3) is 2.43. The summed E-state index contributed by atoms with van der Waals surface area (Å²) in [6, 6.07) is 4.89. The topological polar surface area (TPSA) is 108 Å². The van der Waals surface area contributed by atoms with Gasteiger partial charge in [-0.2, -0.15) is 0 Å². The van der Waals surface area contributed by atoms with Crippen molar-refractivity contribution in [3.05, 3.63) is 23.8 Å². The van der Waals surface area contributed by atoms with Crippen molar-refractivity contribution < 1.29 is 18.3 Å². The number of aliphatic carboxylic acids is 1. The molecule has 0 unspecified atom stereocenters. The van der Waals surface area contributed by atoms with Crippen LogP contribution in [0.5, 0.6) is 0 Å². The fourth-order valence-electron chi connectivity index (χ4n) is 1.51. The molecular weight excluding hydrogens is 258 g/mol. The predicted octanol–water partition coefficient (Wildman–Crippen LogP) is 0.139. The molecule has 7 nitrogen and oxygen atoms in total. The third-order valence-electron chi connectivity index (χ3n) is 2.28. The minimum atomic E-state index is -3.70. The first-order chi connectivity index (χ1) is 8.38. The number of aliphatic imine (C=N–C) groups is 1. The van der Waals surface area contributed by atoms with Gasteiger partial charge in [0.25, 0.3) is 10.0 Å². The lowest BCUT2D eigenvalue weighted by atomic mass is 10.2. The number of aryl methyl sites for hydroxylation is 1. The third-order valence-corrected chi connectivity index (χ3v) is 3.66. The first kappa shape index (κ1) is 12.4. The summed E-state index contributed by atoms with van der Waals surface area (Å²) in [5.74, 6) is -1.23. The van der Waals surface area contributed by atoms with Crippen molar-refractivity contribution in [2.24, 2.45) is 4.99 Å². The van der Waals surface area contributed by atoms with Gasteiger partial charge >= 0.3 is 5.97 Å². The first-order valence-corrected chi connectivity index (χ1v) is 6.53. The molecule has 2 rings (SSSR count). The fraction of sp³-hybridized carbons (Fsp3) is 0.200. The van der Waals surface area contributed by atoms with Gasteiger partial charge in [-0.1, -0.05) is 6.07 Å². The van der Waals surface area contributed by atoms with Crippen LogP contribution in [0.25, 0.3) is 0 Å². The number of benzene rings is 1. The number of fused-ring (bicyclic) bond motifs is 1. The highest BCUT2D eigenvalue weighted by Crippen LogP contribution is 2.25. The van der Waals surface area contributed by atoms with Crippen LogP contribution in [0.4, 0.5) is 5.69 Å². The molecule has 18 heavy (non-hydrogen) atoms. The van der Waals surface area contributed by atoms with E-state index in [-0.39, 0.29) is 10.9 Å². The average molecular weight is 269 g/mol. The maximum atomic E-state index is 11.9. The zero-order valence-corrected chi connectivity index (χ0v) is 10.3. The number of nitrogens with zero attached hydrogens (tertiary/aromatic N) is 1. The van der Waals surface area contributed by atoms with Gasteiger partial charge in [-0.3, -0.25) is 4.79 Å². The maximum Gasteiger partial charge on any atom is 0.325 e. The molecule has 0 radical (unpaired) electrons. The Morgan fingerprint density at radius 2 is 2.17 bits per heavy atom.